The first kappa shape index (κ1) is 17.3. The van der Waals surface area contributed by atoms with Gasteiger partial charge in [0.05, 0.1) is 13.1 Å². The van der Waals surface area contributed by atoms with Crippen LogP contribution in [0.15, 0.2) is 59.1 Å². The summed E-state index contributed by atoms with van der Waals surface area (Å²) in [7, 11) is 0. The first-order valence-electron chi connectivity index (χ1n) is 9.23. The van der Waals surface area contributed by atoms with Gasteiger partial charge in [-0.2, -0.15) is 0 Å². The van der Waals surface area contributed by atoms with Crippen LogP contribution in [-0.4, -0.2) is 35.2 Å². The second-order valence-corrected chi connectivity index (χ2v) is 6.74. The van der Waals surface area contributed by atoms with Crippen molar-refractivity contribution in [1.29, 1.82) is 0 Å². The molecule has 1 saturated heterocycles. The van der Waals surface area contributed by atoms with Gasteiger partial charge in [-0.1, -0.05) is 60.6 Å². The third-order valence-corrected chi connectivity index (χ3v) is 4.91. The van der Waals surface area contributed by atoms with Gasteiger partial charge in [-0.3, -0.25) is 4.79 Å². The van der Waals surface area contributed by atoms with Gasteiger partial charge in [0.25, 0.3) is 5.91 Å². The van der Waals surface area contributed by atoms with Crippen LogP contribution in [0.3, 0.4) is 0 Å². The molecule has 27 heavy (non-hydrogen) atoms. The molecule has 1 amide bonds. The molecule has 138 valence electrons. The lowest BCUT2D eigenvalue weighted by atomic mass is 10.0. The van der Waals surface area contributed by atoms with Crippen LogP contribution in [0.1, 0.15) is 28.6 Å². The maximum absolute atomic E-state index is 13.0. The van der Waals surface area contributed by atoms with Crippen LogP contribution < -0.4 is 4.74 Å². The first-order chi connectivity index (χ1) is 13.2. The minimum absolute atomic E-state index is 0.0157. The van der Waals surface area contributed by atoms with E-state index in [-0.39, 0.29) is 12.0 Å². The van der Waals surface area contributed by atoms with Crippen LogP contribution in [-0.2, 0) is 6.42 Å². The van der Waals surface area contributed by atoms with Crippen LogP contribution >= 0.6 is 0 Å². The van der Waals surface area contributed by atoms with Crippen LogP contribution in [0.25, 0.3) is 11.3 Å². The van der Waals surface area contributed by atoms with E-state index in [1.807, 2.05) is 48.5 Å². The lowest BCUT2D eigenvalue weighted by Gasteiger charge is -2.39. The van der Waals surface area contributed by atoms with Crippen molar-refractivity contribution in [1.82, 2.24) is 10.1 Å². The van der Waals surface area contributed by atoms with Crippen molar-refractivity contribution < 1.29 is 14.1 Å². The van der Waals surface area contributed by atoms with Crippen molar-refractivity contribution in [3.63, 3.8) is 0 Å². The summed E-state index contributed by atoms with van der Waals surface area (Å²) in [4.78, 5) is 14.8. The fraction of sp³-hybridized carbons (Fsp3) is 0.273. The topological polar surface area (TPSA) is 55.6 Å². The molecular weight excluding hydrogens is 340 g/mol. The Bertz CT molecular complexity index is 943. The molecular formula is C22H22N2O3. The maximum atomic E-state index is 13.0. The predicted octanol–water partition coefficient (Wildman–Crippen LogP) is 4.12. The monoisotopic (exact) mass is 362 g/mol. The van der Waals surface area contributed by atoms with Gasteiger partial charge in [0.1, 0.15) is 28.9 Å². The number of aryl methyl sites for hydroxylation is 2. The van der Waals surface area contributed by atoms with Crippen LogP contribution in [0.4, 0.5) is 0 Å². The van der Waals surface area contributed by atoms with E-state index in [1.54, 1.807) is 11.8 Å². The molecule has 5 heteroatoms. The fourth-order valence-corrected chi connectivity index (χ4v) is 3.34. The zero-order valence-corrected chi connectivity index (χ0v) is 15.5. The number of hydrogen-bond acceptors (Lipinski definition) is 4. The Balaban J connectivity index is 1.46. The number of aromatic nitrogens is 1. The summed E-state index contributed by atoms with van der Waals surface area (Å²) in [6, 6.07) is 17.7. The summed E-state index contributed by atoms with van der Waals surface area (Å²) in [5.41, 5.74) is 3.19. The number of para-hydroxylation sites is 1. The number of hydrogen-bond donors (Lipinski definition) is 0. The van der Waals surface area contributed by atoms with Gasteiger partial charge >= 0.3 is 0 Å². The summed E-state index contributed by atoms with van der Waals surface area (Å²) in [6.07, 6.45) is 0.938. The highest BCUT2D eigenvalue weighted by Gasteiger charge is 2.36. The molecule has 0 aliphatic carbocycles. The largest absolute Gasteiger partial charge is 0.486 e. The molecule has 0 bridgehead atoms. The zero-order valence-electron chi connectivity index (χ0n) is 15.5. The van der Waals surface area contributed by atoms with E-state index < -0.39 is 0 Å². The Morgan fingerprint density at radius 3 is 2.59 bits per heavy atom. The number of ether oxygens (including phenoxy) is 1. The Hall–Kier alpha value is -3.08. The van der Waals surface area contributed by atoms with Gasteiger partial charge in [-0.25, -0.2) is 0 Å². The van der Waals surface area contributed by atoms with Crippen molar-refractivity contribution in [2.75, 3.05) is 13.1 Å². The van der Waals surface area contributed by atoms with Gasteiger partial charge < -0.3 is 14.2 Å². The van der Waals surface area contributed by atoms with Gasteiger partial charge in [0.2, 0.25) is 0 Å². The third-order valence-electron chi connectivity index (χ3n) is 4.91. The van der Waals surface area contributed by atoms with E-state index in [0.29, 0.717) is 30.1 Å². The second-order valence-electron chi connectivity index (χ2n) is 6.74. The molecule has 1 aliphatic heterocycles. The summed E-state index contributed by atoms with van der Waals surface area (Å²) >= 11 is 0. The van der Waals surface area contributed by atoms with Gasteiger partial charge in [-0.05, 0) is 25.0 Å². The fourth-order valence-electron chi connectivity index (χ4n) is 3.34. The molecule has 2 heterocycles. The molecule has 0 saturated carbocycles. The van der Waals surface area contributed by atoms with E-state index in [9.17, 15) is 4.79 Å². The minimum Gasteiger partial charge on any atom is -0.486 e. The lowest BCUT2D eigenvalue weighted by Crippen LogP contribution is -2.56. The Morgan fingerprint density at radius 1 is 1.15 bits per heavy atom. The summed E-state index contributed by atoms with van der Waals surface area (Å²) in [5, 5.41) is 4.10. The predicted molar refractivity (Wildman–Crippen MR) is 103 cm³/mol. The Kier molecular flexibility index (Phi) is 4.67. The quantitative estimate of drug-likeness (QED) is 0.685. The normalized spacial score (nSPS) is 14.1. The second kappa shape index (κ2) is 7.27. The molecule has 2 aromatic carbocycles. The Labute approximate surface area is 158 Å². The van der Waals surface area contributed by atoms with Crippen molar-refractivity contribution in [2.24, 2.45) is 0 Å². The average molecular weight is 362 g/mol. The molecule has 1 fully saturated rings. The molecule has 1 aromatic heterocycles. The highest BCUT2D eigenvalue weighted by Crippen LogP contribution is 2.29. The van der Waals surface area contributed by atoms with Crippen LogP contribution in [0, 0.1) is 6.92 Å². The van der Waals surface area contributed by atoms with E-state index in [4.69, 9.17) is 9.26 Å². The third kappa shape index (κ3) is 3.33. The molecule has 5 nitrogen and oxygen atoms in total. The molecule has 0 unspecified atom stereocenters. The zero-order chi connectivity index (χ0) is 18.8. The molecule has 1 aliphatic rings. The van der Waals surface area contributed by atoms with Gasteiger partial charge in [0.15, 0.2) is 0 Å². The molecule has 0 N–H and O–H groups in total. The van der Waals surface area contributed by atoms with E-state index in [1.165, 1.54) is 5.56 Å². The smallest absolute Gasteiger partial charge is 0.260 e. The number of carbonyl (C=O) groups excluding carboxylic acids is 1. The van der Waals surface area contributed by atoms with Gasteiger partial charge in [0, 0.05) is 5.56 Å². The van der Waals surface area contributed by atoms with Crippen molar-refractivity contribution >= 4 is 5.91 Å². The van der Waals surface area contributed by atoms with Crippen LogP contribution in [0.2, 0.25) is 0 Å². The van der Waals surface area contributed by atoms with E-state index >= 15 is 0 Å². The molecule has 0 spiro atoms. The van der Waals surface area contributed by atoms with Crippen LogP contribution in [0.5, 0.6) is 5.75 Å². The molecule has 3 aromatic rings. The number of likely N-dealkylation sites (tertiary alicyclic amines) is 1. The van der Waals surface area contributed by atoms with Crippen molar-refractivity contribution in [3.8, 4) is 17.0 Å². The lowest BCUT2D eigenvalue weighted by molar-refractivity contribution is 0.0174. The summed E-state index contributed by atoms with van der Waals surface area (Å²) in [5.74, 6) is 1.39. The standard InChI is InChI=1S/C22H22N2O3/c1-3-16-9-7-8-12-19(16)26-18-13-24(14-18)22(25)20-15(2)27-23-21(20)17-10-5-4-6-11-17/h4-12,18H,3,13-14H2,1-2H3. The van der Waals surface area contributed by atoms with Crippen molar-refractivity contribution in [3.05, 3.63) is 71.5 Å². The maximum Gasteiger partial charge on any atom is 0.260 e. The first-order valence-corrected chi connectivity index (χ1v) is 9.23. The van der Waals surface area contributed by atoms with E-state index in [2.05, 4.69) is 18.1 Å². The molecule has 4 rings (SSSR count). The Morgan fingerprint density at radius 2 is 1.85 bits per heavy atom. The SMILES string of the molecule is CCc1ccccc1OC1CN(C(=O)c2c(-c3ccccc3)noc2C)C1. The highest BCUT2D eigenvalue weighted by atomic mass is 16.5. The summed E-state index contributed by atoms with van der Waals surface area (Å²) in [6.45, 7) is 5.02. The number of nitrogens with zero attached hydrogens (tertiary/aromatic N) is 2. The molecule has 0 radical (unpaired) electrons. The minimum atomic E-state index is -0.0590. The molecule has 0 atom stereocenters. The average Bonchev–Trinajstić information content (AvgIpc) is 3.06. The number of carbonyl (C=O) groups is 1. The van der Waals surface area contributed by atoms with Crippen molar-refractivity contribution in [2.45, 2.75) is 26.4 Å². The number of amides is 1. The summed E-state index contributed by atoms with van der Waals surface area (Å²) < 4.78 is 11.4. The number of rotatable bonds is 5. The number of benzene rings is 2. The highest BCUT2D eigenvalue weighted by molar-refractivity contribution is 6.01. The van der Waals surface area contributed by atoms with E-state index in [0.717, 1.165) is 17.7 Å². The van der Waals surface area contributed by atoms with Gasteiger partial charge in [-0.15, -0.1) is 0 Å².